The largest absolute Gasteiger partial charge is 0.457 e. The van der Waals surface area contributed by atoms with Crippen LogP contribution in [0.15, 0.2) is 85.4 Å². The molecule has 0 amide bonds. The third-order valence-corrected chi connectivity index (χ3v) is 5.69. The van der Waals surface area contributed by atoms with Crippen LogP contribution in [-0.2, 0) is 9.84 Å². The van der Waals surface area contributed by atoms with Gasteiger partial charge in [0.25, 0.3) is 0 Å². The third-order valence-electron chi connectivity index (χ3n) is 3.48. The minimum absolute atomic E-state index is 0.0717. The SMILES string of the molecule is N#CC(=Cc1ccc(-c2ccc(Br)cc2)o1)S(=O)(=O)c1ccccc1. The third kappa shape index (κ3) is 3.73. The molecule has 0 bridgehead atoms. The maximum Gasteiger partial charge on any atom is 0.216 e. The number of nitriles is 1. The molecule has 0 aliphatic carbocycles. The van der Waals surface area contributed by atoms with Gasteiger partial charge in [-0.25, -0.2) is 8.42 Å². The molecule has 1 aromatic heterocycles. The molecule has 3 rings (SSSR count). The Hall–Kier alpha value is -2.62. The molecule has 0 fully saturated rings. The second-order valence-corrected chi connectivity index (χ2v) is 7.98. The molecule has 3 aromatic rings. The zero-order valence-corrected chi connectivity index (χ0v) is 15.3. The van der Waals surface area contributed by atoms with Gasteiger partial charge >= 0.3 is 0 Å². The number of hydrogen-bond acceptors (Lipinski definition) is 4. The van der Waals surface area contributed by atoms with Crippen molar-refractivity contribution in [2.24, 2.45) is 0 Å². The van der Waals surface area contributed by atoms with Gasteiger partial charge in [-0.15, -0.1) is 0 Å². The van der Waals surface area contributed by atoms with Gasteiger partial charge in [0.1, 0.15) is 17.6 Å². The lowest BCUT2D eigenvalue weighted by atomic mass is 10.2. The number of benzene rings is 2. The summed E-state index contributed by atoms with van der Waals surface area (Å²) in [6.45, 7) is 0. The lowest BCUT2D eigenvalue weighted by molar-refractivity contribution is 0.571. The summed E-state index contributed by atoms with van der Waals surface area (Å²) < 4.78 is 31.7. The molecule has 1 heterocycles. The number of furan rings is 1. The number of halogens is 1. The summed E-state index contributed by atoms with van der Waals surface area (Å²) in [5, 5.41) is 9.29. The smallest absolute Gasteiger partial charge is 0.216 e. The molecule has 0 aliphatic heterocycles. The van der Waals surface area contributed by atoms with Gasteiger partial charge in [0.05, 0.1) is 4.90 Å². The van der Waals surface area contributed by atoms with Crippen molar-refractivity contribution >= 4 is 31.8 Å². The molecule has 124 valence electrons. The van der Waals surface area contributed by atoms with Crippen molar-refractivity contribution in [1.82, 2.24) is 0 Å². The molecule has 0 radical (unpaired) electrons. The molecule has 0 saturated heterocycles. The highest BCUT2D eigenvalue weighted by atomic mass is 79.9. The van der Waals surface area contributed by atoms with Crippen molar-refractivity contribution in [1.29, 1.82) is 5.26 Å². The van der Waals surface area contributed by atoms with Crippen molar-refractivity contribution in [3.63, 3.8) is 0 Å². The number of nitrogens with zero attached hydrogens (tertiary/aromatic N) is 1. The summed E-state index contributed by atoms with van der Waals surface area (Å²) in [4.78, 5) is -0.294. The average molecular weight is 414 g/mol. The Morgan fingerprint density at radius 2 is 1.68 bits per heavy atom. The summed E-state index contributed by atoms with van der Waals surface area (Å²) in [5.41, 5.74) is 0.854. The second-order valence-electron chi connectivity index (χ2n) is 5.15. The van der Waals surface area contributed by atoms with E-state index in [-0.39, 0.29) is 9.80 Å². The molecule has 0 aliphatic rings. The predicted octanol–water partition coefficient (Wildman–Crippen LogP) is 5.05. The highest BCUT2D eigenvalue weighted by Gasteiger charge is 2.21. The van der Waals surface area contributed by atoms with Gasteiger partial charge in [0.2, 0.25) is 9.84 Å². The van der Waals surface area contributed by atoms with Crippen LogP contribution < -0.4 is 0 Å². The first kappa shape index (κ1) is 17.2. The summed E-state index contributed by atoms with van der Waals surface area (Å²) >= 11 is 3.37. The fourth-order valence-electron chi connectivity index (χ4n) is 2.23. The van der Waals surface area contributed by atoms with E-state index in [0.29, 0.717) is 11.5 Å². The summed E-state index contributed by atoms with van der Waals surface area (Å²) in [7, 11) is -3.88. The van der Waals surface area contributed by atoms with E-state index in [1.807, 2.05) is 24.3 Å². The predicted molar refractivity (Wildman–Crippen MR) is 99.1 cm³/mol. The molecule has 4 nitrogen and oxygen atoms in total. The minimum atomic E-state index is -3.88. The maximum atomic E-state index is 12.5. The molecule has 0 N–H and O–H groups in total. The van der Waals surface area contributed by atoms with Gasteiger partial charge in [-0.3, -0.25) is 0 Å². The Kier molecular flexibility index (Phi) is 4.88. The molecular formula is C19H12BrNO3S. The van der Waals surface area contributed by atoms with Crippen molar-refractivity contribution in [3.05, 3.63) is 81.9 Å². The molecule has 2 aromatic carbocycles. The van der Waals surface area contributed by atoms with Crippen LogP contribution in [0, 0.1) is 11.3 Å². The number of allylic oxidation sites excluding steroid dienone is 1. The molecular weight excluding hydrogens is 402 g/mol. The normalized spacial score (nSPS) is 11.9. The fourth-order valence-corrected chi connectivity index (χ4v) is 3.65. The second kappa shape index (κ2) is 7.09. The Morgan fingerprint density at radius 3 is 2.32 bits per heavy atom. The average Bonchev–Trinajstić information content (AvgIpc) is 3.09. The maximum absolute atomic E-state index is 12.5. The van der Waals surface area contributed by atoms with Gasteiger partial charge in [-0.05, 0) is 36.4 Å². The minimum Gasteiger partial charge on any atom is -0.457 e. The van der Waals surface area contributed by atoms with E-state index in [2.05, 4.69) is 15.9 Å². The Morgan fingerprint density at radius 1 is 1.00 bits per heavy atom. The van der Waals surface area contributed by atoms with Crippen LogP contribution in [0.1, 0.15) is 5.76 Å². The van der Waals surface area contributed by atoms with Crippen LogP contribution in [0.4, 0.5) is 0 Å². The first-order valence-corrected chi connectivity index (χ1v) is 9.56. The highest BCUT2D eigenvalue weighted by Crippen LogP contribution is 2.26. The van der Waals surface area contributed by atoms with Crippen LogP contribution >= 0.6 is 15.9 Å². The number of hydrogen-bond donors (Lipinski definition) is 0. The van der Waals surface area contributed by atoms with Crippen LogP contribution in [0.5, 0.6) is 0 Å². The number of rotatable bonds is 4. The zero-order chi connectivity index (χ0) is 17.9. The van der Waals surface area contributed by atoms with E-state index < -0.39 is 9.84 Å². The molecule has 0 spiro atoms. The van der Waals surface area contributed by atoms with Crippen molar-refractivity contribution in [2.75, 3.05) is 0 Å². The van der Waals surface area contributed by atoms with Crippen molar-refractivity contribution in [3.8, 4) is 17.4 Å². The molecule has 0 unspecified atom stereocenters. The monoisotopic (exact) mass is 413 g/mol. The van der Waals surface area contributed by atoms with Gasteiger partial charge in [0, 0.05) is 16.1 Å². The van der Waals surface area contributed by atoms with Gasteiger partial charge in [-0.1, -0.05) is 46.3 Å². The Balaban J connectivity index is 1.97. The first-order chi connectivity index (χ1) is 12.0. The lowest BCUT2D eigenvalue weighted by Crippen LogP contribution is -2.03. The highest BCUT2D eigenvalue weighted by molar-refractivity contribution is 9.10. The van der Waals surface area contributed by atoms with Crippen LogP contribution in [0.25, 0.3) is 17.4 Å². The van der Waals surface area contributed by atoms with Crippen molar-refractivity contribution in [2.45, 2.75) is 4.90 Å². The van der Waals surface area contributed by atoms with E-state index in [9.17, 15) is 13.7 Å². The van der Waals surface area contributed by atoms with E-state index >= 15 is 0 Å². The lowest BCUT2D eigenvalue weighted by Gasteiger charge is -2.02. The van der Waals surface area contributed by atoms with Gasteiger partial charge in [0.15, 0.2) is 4.91 Å². The van der Waals surface area contributed by atoms with Crippen LogP contribution in [-0.4, -0.2) is 8.42 Å². The standard InChI is InChI=1S/C19H12BrNO3S/c20-15-8-6-14(7-9-15)19-11-10-16(24-19)12-18(13-21)25(22,23)17-4-2-1-3-5-17/h1-12H. The molecule has 25 heavy (non-hydrogen) atoms. The van der Waals surface area contributed by atoms with E-state index in [1.54, 1.807) is 36.4 Å². The van der Waals surface area contributed by atoms with E-state index in [1.165, 1.54) is 18.2 Å². The summed E-state index contributed by atoms with van der Waals surface area (Å²) in [5.74, 6) is 0.891. The van der Waals surface area contributed by atoms with Crippen LogP contribution in [0.3, 0.4) is 0 Å². The van der Waals surface area contributed by atoms with Gasteiger partial charge in [-0.2, -0.15) is 5.26 Å². The van der Waals surface area contributed by atoms with Gasteiger partial charge < -0.3 is 4.42 Å². The molecule has 0 atom stereocenters. The quantitative estimate of drug-likeness (QED) is 0.561. The first-order valence-electron chi connectivity index (χ1n) is 7.28. The summed E-state index contributed by atoms with van der Waals surface area (Å²) in [6, 6.07) is 20.5. The summed E-state index contributed by atoms with van der Waals surface area (Å²) in [6.07, 6.45) is 1.24. The molecule has 6 heteroatoms. The Labute approximate surface area is 154 Å². The van der Waals surface area contributed by atoms with Crippen LogP contribution in [0.2, 0.25) is 0 Å². The topological polar surface area (TPSA) is 71.1 Å². The molecule has 0 saturated carbocycles. The zero-order valence-electron chi connectivity index (χ0n) is 12.9. The number of sulfone groups is 1. The van der Waals surface area contributed by atoms with E-state index in [4.69, 9.17) is 4.42 Å². The fraction of sp³-hybridized carbons (Fsp3) is 0. The van der Waals surface area contributed by atoms with E-state index in [0.717, 1.165) is 10.0 Å². The van der Waals surface area contributed by atoms with Crippen molar-refractivity contribution < 1.29 is 12.8 Å². The Bertz CT molecular complexity index is 1060.